The number of benzene rings is 2. The Kier molecular flexibility index (Phi) is 9.47. The molecular formula is C26H32BrN3O3S. The van der Waals surface area contributed by atoms with Crippen molar-refractivity contribution in [2.24, 2.45) is 5.92 Å². The zero-order valence-electron chi connectivity index (χ0n) is 19.9. The molecule has 2 aromatic rings. The van der Waals surface area contributed by atoms with E-state index in [0.29, 0.717) is 39.6 Å². The Bertz CT molecular complexity index is 1040. The molecule has 2 amide bonds. The molecule has 0 radical (unpaired) electrons. The molecular weight excluding hydrogens is 514 g/mol. The number of nitrogens with zero attached hydrogens (tertiary/aromatic N) is 1. The largest absolute Gasteiger partial charge is 0.492 e. The molecule has 8 heteroatoms. The van der Waals surface area contributed by atoms with Crippen molar-refractivity contribution in [3.8, 4) is 5.75 Å². The van der Waals surface area contributed by atoms with Crippen molar-refractivity contribution < 1.29 is 14.3 Å². The average Bonchev–Trinajstić information content (AvgIpc) is 2.83. The number of para-hydroxylation sites is 1. The molecule has 6 nitrogen and oxygen atoms in total. The highest BCUT2D eigenvalue weighted by Crippen LogP contribution is 2.27. The van der Waals surface area contributed by atoms with Crippen molar-refractivity contribution >= 4 is 50.8 Å². The minimum Gasteiger partial charge on any atom is -0.492 e. The second-order valence-electron chi connectivity index (χ2n) is 9.01. The highest BCUT2D eigenvalue weighted by molar-refractivity contribution is 9.10. The third kappa shape index (κ3) is 7.03. The topological polar surface area (TPSA) is 70.7 Å². The third-order valence-corrected chi connectivity index (χ3v) is 6.67. The number of anilines is 1. The van der Waals surface area contributed by atoms with Crippen LogP contribution < -0.4 is 15.4 Å². The van der Waals surface area contributed by atoms with Crippen LogP contribution in [0.15, 0.2) is 46.9 Å². The van der Waals surface area contributed by atoms with Gasteiger partial charge in [-0.25, -0.2) is 0 Å². The summed E-state index contributed by atoms with van der Waals surface area (Å²) in [5.41, 5.74) is 1.54. The minimum absolute atomic E-state index is 0.0509. The van der Waals surface area contributed by atoms with E-state index < -0.39 is 0 Å². The Labute approximate surface area is 215 Å². The van der Waals surface area contributed by atoms with Crippen LogP contribution in [0.1, 0.15) is 66.7 Å². The number of hydrogen-bond donors (Lipinski definition) is 2. The molecule has 1 aliphatic rings. The number of carbonyl (C=O) groups excluding carboxylic acids is 2. The van der Waals surface area contributed by atoms with Crippen molar-refractivity contribution in [3.05, 3.63) is 58.1 Å². The Hall–Kier alpha value is -2.45. The highest BCUT2D eigenvalue weighted by atomic mass is 79.9. The van der Waals surface area contributed by atoms with Crippen LogP contribution in [-0.4, -0.2) is 41.5 Å². The Morgan fingerprint density at radius 2 is 1.85 bits per heavy atom. The van der Waals surface area contributed by atoms with Gasteiger partial charge >= 0.3 is 0 Å². The maximum absolute atomic E-state index is 13.2. The zero-order chi connectivity index (χ0) is 24.7. The maximum Gasteiger partial charge on any atom is 0.257 e. The van der Waals surface area contributed by atoms with E-state index >= 15 is 0 Å². The summed E-state index contributed by atoms with van der Waals surface area (Å²) in [4.78, 5) is 27.8. The average molecular weight is 547 g/mol. The van der Waals surface area contributed by atoms with E-state index in [-0.39, 0.29) is 23.0 Å². The fourth-order valence-corrected chi connectivity index (χ4v) is 4.64. The van der Waals surface area contributed by atoms with E-state index in [4.69, 9.17) is 17.0 Å². The molecule has 0 saturated heterocycles. The summed E-state index contributed by atoms with van der Waals surface area (Å²) in [5, 5.41) is 5.85. The van der Waals surface area contributed by atoms with Gasteiger partial charge in [0.15, 0.2) is 5.11 Å². The SMILES string of the molecule is CC(C)COc1ccc(C(=O)NC(=S)Nc2ccccc2C(=O)N(C)C2CCCCC2)cc1Br. The first-order valence-corrected chi connectivity index (χ1v) is 12.9. The summed E-state index contributed by atoms with van der Waals surface area (Å²) >= 11 is 8.84. The number of halogens is 1. The van der Waals surface area contributed by atoms with Gasteiger partial charge in [-0.15, -0.1) is 0 Å². The van der Waals surface area contributed by atoms with Gasteiger partial charge in [0.1, 0.15) is 5.75 Å². The number of ether oxygens (including phenoxy) is 1. The van der Waals surface area contributed by atoms with E-state index in [1.165, 1.54) is 6.42 Å². The first-order valence-electron chi connectivity index (χ1n) is 11.7. The molecule has 0 atom stereocenters. The second kappa shape index (κ2) is 12.3. The lowest BCUT2D eigenvalue weighted by atomic mass is 9.94. The van der Waals surface area contributed by atoms with Gasteiger partial charge in [0, 0.05) is 18.7 Å². The molecule has 0 bridgehead atoms. The number of rotatable bonds is 7. The molecule has 0 aliphatic heterocycles. The molecule has 1 fully saturated rings. The monoisotopic (exact) mass is 545 g/mol. The van der Waals surface area contributed by atoms with E-state index in [1.807, 2.05) is 24.1 Å². The first kappa shape index (κ1) is 26.2. The lowest BCUT2D eigenvalue weighted by Gasteiger charge is -2.31. The summed E-state index contributed by atoms with van der Waals surface area (Å²) in [6, 6.07) is 12.6. The molecule has 0 spiro atoms. The molecule has 1 saturated carbocycles. The normalized spacial score (nSPS) is 13.9. The summed E-state index contributed by atoms with van der Waals surface area (Å²) in [7, 11) is 1.86. The van der Waals surface area contributed by atoms with Crippen molar-refractivity contribution in [3.63, 3.8) is 0 Å². The fraction of sp³-hybridized carbons (Fsp3) is 0.423. The summed E-state index contributed by atoms with van der Waals surface area (Å²) in [5.74, 6) is 0.679. The molecule has 3 rings (SSSR count). The van der Waals surface area contributed by atoms with Crippen molar-refractivity contribution in [1.29, 1.82) is 0 Å². The summed E-state index contributed by atoms with van der Waals surface area (Å²) in [6.45, 7) is 4.74. The predicted octanol–water partition coefficient (Wildman–Crippen LogP) is 6.02. The van der Waals surface area contributed by atoms with E-state index in [0.717, 1.165) is 25.7 Å². The molecule has 2 N–H and O–H groups in total. The number of amides is 2. The van der Waals surface area contributed by atoms with Crippen LogP contribution in [0.2, 0.25) is 0 Å². The van der Waals surface area contributed by atoms with Gasteiger partial charge in [-0.2, -0.15) is 0 Å². The molecule has 1 aliphatic carbocycles. The third-order valence-electron chi connectivity index (χ3n) is 5.84. The van der Waals surface area contributed by atoms with Crippen LogP contribution in [0.5, 0.6) is 5.75 Å². The van der Waals surface area contributed by atoms with Gasteiger partial charge in [-0.05, 0) is 77.2 Å². The molecule has 0 unspecified atom stereocenters. The van der Waals surface area contributed by atoms with Crippen LogP contribution in [0.25, 0.3) is 0 Å². The second-order valence-corrected chi connectivity index (χ2v) is 10.3. The van der Waals surface area contributed by atoms with Gasteiger partial charge in [0.2, 0.25) is 0 Å². The highest BCUT2D eigenvalue weighted by Gasteiger charge is 2.24. The zero-order valence-corrected chi connectivity index (χ0v) is 22.3. The number of nitrogens with one attached hydrogen (secondary N) is 2. The van der Waals surface area contributed by atoms with Gasteiger partial charge < -0.3 is 15.0 Å². The molecule has 2 aromatic carbocycles. The Morgan fingerprint density at radius 1 is 1.15 bits per heavy atom. The lowest BCUT2D eigenvalue weighted by molar-refractivity contribution is 0.0697. The Morgan fingerprint density at radius 3 is 2.53 bits per heavy atom. The predicted molar refractivity (Wildman–Crippen MR) is 144 cm³/mol. The fourth-order valence-electron chi connectivity index (χ4n) is 3.95. The van der Waals surface area contributed by atoms with Crippen LogP contribution in [-0.2, 0) is 0 Å². The van der Waals surface area contributed by atoms with Crippen molar-refractivity contribution in [2.45, 2.75) is 52.0 Å². The lowest BCUT2D eigenvalue weighted by Crippen LogP contribution is -2.39. The van der Waals surface area contributed by atoms with Crippen molar-refractivity contribution in [2.75, 3.05) is 19.0 Å². The first-order chi connectivity index (χ1) is 16.3. The number of hydrogen-bond acceptors (Lipinski definition) is 4. The summed E-state index contributed by atoms with van der Waals surface area (Å²) < 4.78 is 6.43. The minimum atomic E-state index is -0.350. The molecule has 182 valence electrons. The maximum atomic E-state index is 13.2. The van der Waals surface area contributed by atoms with Gasteiger partial charge in [0.05, 0.1) is 22.3 Å². The van der Waals surface area contributed by atoms with Crippen LogP contribution in [0, 0.1) is 5.92 Å². The standard InChI is InChI=1S/C26H32BrN3O3S/c1-17(2)16-33-23-14-13-18(15-21(23)27)24(31)29-26(34)28-22-12-8-7-11-20(22)25(32)30(3)19-9-5-4-6-10-19/h7-8,11-15,17,19H,4-6,9-10,16H2,1-3H3,(H2,28,29,31,34). The molecule has 0 heterocycles. The molecule has 0 aromatic heterocycles. The molecule has 34 heavy (non-hydrogen) atoms. The van der Waals surface area contributed by atoms with Gasteiger partial charge in [-0.1, -0.05) is 45.2 Å². The number of thiocarbonyl (C=S) groups is 1. The van der Waals surface area contributed by atoms with Crippen LogP contribution in [0.3, 0.4) is 0 Å². The smallest absolute Gasteiger partial charge is 0.257 e. The van der Waals surface area contributed by atoms with E-state index in [1.54, 1.807) is 30.3 Å². The van der Waals surface area contributed by atoms with E-state index in [9.17, 15) is 9.59 Å². The van der Waals surface area contributed by atoms with Gasteiger partial charge in [-0.3, -0.25) is 14.9 Å². The van der Waals surface area contributed by atoms with Crippen molar-refractivity contribution in [1.82, 2.24) is 10.2 Å². The summed E-state index contributed by atoms with van der Waals surface area (Å²) in [6.07, 6.45) is 5.60. The quantitative estimate of drug-likeness (QED) is 0.416. The van der Waals surface area contributed by atoms with Crippen LogP contribution in [0.4, 0.5) is 5.69 Å². The van der Waals surface area contributed by atoms with Crippen LogP contribution >= 0.6 is 28.1 Å². The van der Waals surface area contributed by atoms with Gasteiger partial charge in [0.25, 0.3) is 11.8 Å². The number of carbonyl (C=O) groups is 2. The van der Waals surface area contributed by atoms with E-state index in [2.05, 4.69) is 40.4 Å². The Balaban J connectivity index is 1.64.